The predicted octanol–water partition coefficient (Wildman–Crippen LogP) is 2.21. The molecule has 0 aromatic carbocycles. The van der Waals surface area contributed by atoms with E-state index in [1.165, 1.54) is 6.42 Å². The van der Waals surface area contributed by atoms with E-state index in [0.717, 1.165) is 64.0 Å². The first kappa shape index (κ1) is 19.7. The van der Waals surface area contributed by atoms with E-state index in [-0.39, 0.29) is 0 Å². The fourth-order valence-electron chi connectivity index (χ4n) is 5.39. The van der Waals surface area contributed by atoms with Gasteiger partial charge in [0.2, 0.25) is 0 Å². The fourth-order valence-corrected chi connectivity index (χ4v) is 6.01. The lowest BCUT2D eigenvalue weighted by molar-refractivity contribution is -0.258. The van der Waals surface area contributed by atoms with E-state index >= 15 is 0 Å². The Morgan fingerprint density at radius 1 is 0.821 bits per heavy atom. The summed E-state index contributed by atoms with van der Waals surface area (Å²) < 4.78 is 60.3. The number of fused-ring (bicyclic) bond motifs is 1. The van der Waals surface area contributed by atoms with Gasteiger partial charge >= 0.3 is 0 Å². The van der Waals surface area contributed by atoms with Crippen LogP contribution < -0.4 is 0 Å². The second-order valence-corrected chi connectivity index (χ2v) is 10.4. The monoisotopic (exact) mass is 418 g/mol. The van der Waals surface area contributed by atoms with Gasteiger partial charge in [0, 0.05) is 25.7 Å². The first-order chi connectivity index (χ1) is 13.4. The average Bonchev–Trinajstić information content (AvgIpc) is 3.29. The van der Waals surface area contributed by atoms with Crippen LogP contribution in [-0.2, 0) is 38.0 Å². The van der Waals surface area contributed by atoms with Gasteiger partial charge in [-0.05, 0) is 25.7 Å². The van der Waals surface area contributed by atoms with Crippen molar-refractivity contribution < 1.29 is 36.3 Å². The molecule has 3 aliphatic heterocycles. The molecule has 2 aliphatic carbocycles. The van der Waals surface area contributed by atoms with Crippen molar-refractivity contribution in [3.8, 4) is 0 Å². The van der Waals surface area contributed by atoms with Gasteiger partial charge in [0.05, 0.1) is 12.9 Å². The zero-order valence-corrected chi connectivity index (χ0v) is 17.2. The average molecular weight is 419 g/mol. The molecule has 8 nitrogen and oxygen atoms in total. The van der Waals surface area contributed by atoms with Crippen LogP contribution in [0.4, 0.5) is 0 Å². The quantitative estimate of drug-likeness (QED) is 0.645. The van der Waals surface area contributed by atoms with Gasteiger partial charge in [0.15, 0.2) is 17.9 Å². The highest BCUT2D eigenvalue weighted by Crippen LogP contribution is 2.48. The summed E-state index contributed by atoms with van der Waals surface area (Å²) in [5.74, 6) is -1.23. The summed E-state index contributed by atoms with van der Waals surface area (Å²) in [4.78, 5) is 0. The van der Waals surface area contributed by atoms with Crippen molar-refractivity contribution in [2.75, 3.05) is 12.9 Å². The zero-order valence-electron chi connectivity index (χ0n) is 16.3. The number of hydrogen-bond donors (Lipinski definition) is 0. The Kier molecular flexibility index (Phi) is 5.02. The van der Waals surface area contributed by atoms with Crippen LogP contribution in [0.2, 0.25) is 0 Å². The molecule has 28 heavy (non-hydrogen) atoms. The first-order valence-corrected chi connectivity index (χ1v) is 12.4. The second kappa shape index (κ2) is 7.14. The van der Waals surface area contributed by atoms with Crippen LogP contribution in [-0.4, -0.2) is 63.6 Å². The summed E-state index contributed by atoms with van der Waals surface area (Å²) in [6, 6.07) is 0. The maximum Gasteiger partial charge on any atom is 0.264 e. The van der Waals surface area contributed by atoms with Crippen LogP contribution in [0.15, 0.2) is 0 Å². The molecule has 5 atom stereocenters. The Balaban J connectivity index is 1.34. The third kappa shape index (κ3) is 3.64. The molecule has 5 aliphatic rings. The van der Waals surface area contributed by atoms with Gasteiger partial charge in [-0.15, -0.1) is 0 Å². The summed E-state index contributed by atoms with van der Waals surface area (Å²) >= 11 is 0. The number of rotatable bonds is 3. The molecule has 0 bridgehead atoms. The van der Waals surface area contributed by atoms with Gasteiger partial charge in [-0.25, -0.2) is 0 Å². The van der Waals surface area contributed by atoms with Crippen LogP contribution in [0.1, 0.15) is 64.2 Å². The second-order valence-electron chi connectivity index (χ2n) is 8.84. The number of ether oxygens (including phenoxy) is 5. The highest BCUT2D eigenvalue weighted by molar-refractivity contribution is 7.86. The smallest absolute Gasteiger partial charge is 0.264 e. The lowest BCUT2D eigenvalue weighted by atomic mass is 9.94. The Morgan fingerprint density at radius 3 is 2.11 bits per heavy atom. The van der Waals surface area contributed by atoms with Crippen LogP contribution in [0, 0.1) is 0 Å². The molecular weight excluding hydrogens is 388 g/mol. The summed E-state index contributed by atoms with van der Waals surface area (Å²) in [6.07, 6.45) is 7.90. The van der Waals surface area contributed by atoms with Crippen LogP contribution >= 0.6 is 0 Å². The van der Waals surface area contributed by atoms with Gasteiger partial charge in [0.25, 0.3) is 10.1 Å². The zero-order chi connectivity index (χ0) is 19.4. The Bertz CT molecular complexity index is 682. The molecule has 0 unspecified atom stereocenters. The molecule has 5 fully saturated rings. The van der Waals surface area contributed by atoms with Crippen LogP contribution in [0.25, 0.3) is 0 Å². The van der Waals surface area contributed by atoms with Crippen molar-refractivity contribution in [3.63, 3.8) is 0 Å². The van der Waals surface area contributed by atoms with E-state index in [1.54, 1.807) is 0 Å². The van der Waals surface area contributed by atoms with E-state index in [9.17, 15) is 8.42 Å². The third-order valence-corrected chi connectivity index (χ3v) is 7.22. The topological polar surface area (TPSA) is 89.5 Å². The van der Waals surface area contributed by atoms with Crippen molar-refractivity contribution in [1.29, 1.82) is 0 Å². The lowest BCUT2D eigenvalue weighted by Crippen LogP contribution is -2.46. The predicted molar refractivity (Wildman–Crippen MR) is 96.8 cm³/mol. The molecule has 2 spiro atoms. The molecule has 0 N–H and O–H groups in total. The summed E-state index contributed by atoms with van der Waals surface area (Å²) in [5, 5.41) is 0. The molecule has 9 heteroatoms. The maximum absolute atomic E-state index is 12.0. The van der Waals surface area contributed by atoms with Crippen molar-refractivity contribution in [3.05, 3.63) is 0 Å². The van der Waals surface area contributed by atoms with E-state index in [1.807, 2.05) is 0 Å². The standard InChI is InChI=1S/C19H30O8S/c1-28(20,21)27-15-14(13-12-22-18(24-13)8-4-2-5-9-18)23-17-16(15)25-19(26-17)10-6-3-7-11-19/h13-17H,2-12H2,1H3/t13-,14-,15-,16-,17-/m1/s1. The van der Waals surface area contributed by atoms with Gasteiger partial charge in [-0.3, -0.25) is 4.18 Å². The molecule has 0 aromatic rings. The fraction of sp³-hybridized carbons (Fsp3) is 1.00. The Hall–Kier alpha value is -0.290. The summed E-state index contributed by atoms with van der Waals surface area (Å²) in [5.41, 5.74) is 0. The molecule has 0 aromatic heterocycles. The lowest BCUT2D eigenvalue weighted by Gasteiger charge is -2.35. The summed E-state index contributed by atoms with van der Waals surface area (Å²) in [7, 11) is -3.70. The largest absolute Gasteiger partial charge is 0.347 e. The van der Waals surface area contributed by atoms with E-state index < -0.39 is 52.4 Å². The van der Waals surface area contributed by atoms with E-state index in [0.29, 0.717) is 6.61 Å². The molecule has 3 heterocycles. The molecular formula is C19H30O8S. The number of hydrogen-bond acceptors (Lipinski definition) is 8. The minimum absolute atomic E-state index is 0.360. The van der Waals surface area contributed by atoms with Gasteiger partial charge < -0.3 is 23.7 Å². The van der Waals surface area contributed by atoms with Gasteiger partial charge in [-0.2, -0.15) is 8.42 Å². The van der Waals surface area contributed by atoms with E-state index in [2.05, 4.69) is 0 Å². The third-order valence-electron chi connectivity index (χ3n) is 6.65. The highest BCUT2D eigenvalue weighted by atomic mass is 32.2. The van der Waals surface area contributed by atoms with Crippen molar-refractivity contribution in [1.82, 2.24) is 0 Å². The molecule has 5 rings (SSSR count). The molecule has 3 saturated heterocycles. The van der Waals surface area contributed by atoms with Crippen LogP contribution in [0.3, 0.4) is 0 Å². The first-order valence-electron chi connectivity index (χ1n) is 10.6. The van der Waals surface area contributed by atoms with Gasteiger partial charge in [0.1, 0.15) is 24.4 Å². The maximum atomic E-state index is 12.0. The molecule has 2 saturated carbocycles. The minimum Gasteiger partial charge on any atom is -0.347 e. The molecule has 160 valence electrons. The van der Waals surface area contributed by atoms with Crippen LogP contribution in [0.5, 0.6) is 0 Å². The van der Waals surface area contributed by atoms with Crippen molar-refractivity contribution >= 4 is 10.1 Å². The Labute approximate surface area is 166 Å². The molecule has 0 amide bonds. The summed E-state index contributed by atoms with van der Waals surface area (Å²) in [6.45, 7) is 0.360. The Morgan fingerprint density at radius 2 is 1.46 bits per heavy atom. The van der Waals surface area contributed by atoms with E-state index in [4.69, 9.17) is 27.9 Å². The molecule has 0 radical (unpaired) electrons. The normalized spacial score (nSPS) is 42.2. The van der Waals surface area contributed by atoms with Crippen molar-refractivity contribution in [2.45, 2.75) is 106 Å². The van der Waals surface area contributed by atoms with Crippen molar-refractivity contribution in [2.24, 2.45) is 0 Å². The van der Waals surface area contributed by atoms with Gasteiger partial charge in [-0.1, -0.05) is 12.8 Å². The highest BCUT2D eigenvalue weighted by Gasteiger charge is 2.62. The minimum atomic E-state index is -3.70. The SMILES string of the molecule is CS(=O)(=O)O[C@H]1[C@H]2OC3(CCCCC3)O[C@H]2O[C@@H]1[C@H]1COC2(CCCCC2)O1.